The van der Waals surface area contributed by atoms with Crippen molar-refractivity contribution in [3.8, 4) is 11.4 Å². The number of nitrogens with zero attached hydrogens (tertiary/aromatic N) is 2. The van der Waals surface area contributed by atoms with Crippen molar-refractivity contribution in [1.29, 1.82) is 0 Å². The Morgan fingerprint density at radius 3 is 2.42 bits per heavy atom. The summed E-state index contributed by atoms with van der Waals surface area (Å²) in [5, 5.41) is 3.89. The quantitative estimate of drug-likeness (QED) is 0.698. The maximum absolute atomic E-state index is 12.4. The first-order valence-corrected chi connectivity index (χ1v) is 9.40. The topological polar surface area (TPSA) is 85.1 Å². The van der Waals surface area contributed by atoms with Crippen LogP contribution in [0.15, 0.2) is 68.5 Å². The molecule has 124 valence electrons. The molecule has 2 aromatic carbocycles. The van der Waals surface area contributed by atoms with E-state index in [4.69, 9.17) is 4.52 Å². The summed E-state index contributed by atoms with van der Waals surface area (Å²) < 4.78 is 33.3. The van der Waals surface area contributed by atoms with Gasteiger partial charge < -0.3 is 4.52 Å². The van der Waals surface area contributed by atoms with Crippen molar-refractivity contribution in [2.24, 2.45) is 0 Å². The third-order valence-corrected chi connectivity index (χ3v) is 5.39. The first-order valence-electron chi connectivity index (χ1n) is 7.12. The van der Waals surface area contributed by atoms with Crippen molar-refractivity contribution < 1.29 is 12.9 Å². The minimum Gasteiger partial charge on any atom is -0.337 e. The maximum atomic E-state index is 12.4. The van der Waals surface area contributed by atoms with E-state index in [1.165, 1.54) is 12.1 Å². The highest BCUT2D eigenvalue weighted by Gasteiger charge is 2.22. The molecule has 0 saturated heterocycles. The summed E-state index contributed by atoms with van der Waals surface area (Å²) >= 11 is 3.28. The fraction of sp³-hybridized carbons (Fsp3) is 0.125. The van der Waals surface area contributed by atoms with Crippen molar-refractivity contribution in [1.82, 2.24) is 14.9 Å². The van der Waals surface area contributed by atoms with Crippen LogP contribution in [-0.2, 0) is 10.0 Å². The van der Waals surface area contributed by atoms with Gasteiger partial charge in [-0.25, -0.2) is 8.42 Å². The van der Waals surface area contributed by atoms with E-state index in [0.717, 1.165) is 10.0 Å². The van der Waals surface area contributed by atoms with Crippen LogP contribution in [-0.4, -0.2) is 18.6 Å². The zero-order chi connectivity index (χ0) is 17.2. The van der Waals surface area contributed by atoms with E-state index in [2.05, 4.69) is 30.8 Å². The number of sulfonamides is 1. The Morgan fingerprint density at radius 1 is 1.08 bits per heavy atom. The van der Waals surface area contributed by atoms with Crippen molar-refractivity contribution in [3.05, 3.63) is 65.0 Å². The van der Waals surface area contributed by atoms with E-state index >= 15 is 0 Å². The van der Waals surface area contributed by atoms with Crippen LogP contribution in [0.4, 0.5) is 0 Å². The molecule has 1 atom stereocenters. The summed E-state index contributed by atoms with van der Waals surface area (Å²) in [4.78, 5) is 4.43. The number of rotatable bonds is 5. The highest BCUT2D eigenvalue weighted by atomic mass is 79.9. The SMILES string of the molecule is C[C@H](NS(=O)(=O)c1ccc(Br)cc1)c1nc(-c2ccccc2)no1. The van der Waals surface area contributed by atoms with E-state index in [9.17, 15) is 8.42 Å². The second-order valence-corrected chi connectivity index (χ2v) is 7.75. The molecule has 0 unspecified atom stereocenters. The number of aromatic nitrogens is 2. The van der Waals surface area contributed by atoms with Crippen molar-refractivity contribution in [2.75, 3.05) is 0 Å². The van der Waals surface area contributed by atoms with Crippen LogP contribution >= 0.6 is 15.9 Å². The second kappa shape index (κ2) is 6.84. The molecule has 6 nitrogen and oxygen atoms in total. The van der Waals surface area contributed by atoms with Gasteiger partial charge in [-0.2, -0.15) is 9.71 Å². The molecule has 1 aromatic heterocycles. The number of hydrogen-bond donors (Lipinski definition) is 1. The lowest BCUT2D eigenvalue weighted by Gasteiger charge is -2.10. The molecule has 0 aliphatic carbocycles. The van der Waals surface area contributed by atoms with Gasteiger partial charge in [0.1, 0.15) is 0 Å². The summed E-state index contributed by atoms with van der Waals surface area (Å²) in [7, 11) is -3.68. The molecule has 8 heteroatoms. The van der Waals surface area contributed by atoms with Gasteiger partial charge in [0.25, 0.3) is 0 Å². The van der Waals surface area contributed by atoms with E-state index in [-0.39, 0.29) is 10.8 Å². The Balaban J connectivity index is 1.79. The molecule has 0 spiro atoms. The van der Waals surface area contributed by atoms with Crippen LogP contribution in [0, 0.1) is 0 Å². The molecular weight excluding hydrogens is 394 g/mol. The summed E-state index contributed by atoms with van der Waals surface area (Å²) in [6.45, 7) is 1.65. The van der Waals surface area contributed by atoms with Crippen LogP contribution in [0.3, 0.4) is 0 Å². The van der Waals surface area contributed by atoms with E-state index in [1.54, 1.807) is 19.1 Å². The second-order valence-electron chi connectivity index (χ2n) is 5.12. The van der Waals surface area contributed by atoms with Gasteiger partial charge in [0.2, 0.25) is 21.7 Å². The molecular formula is C16H14BrN3O3S. The molecule has 0 radical (unpaired) electrons. The van der Waals surface area contributed by atoms with Gasteiger partial charge in [0.15, 0.2) is 0 Å². The van der Waals surface area contributed by atoms with Crippen LogP contribution in [0.2, 0.25) is 0 Å². The number of halogens is 1. The van der Waals surface area contributed by atoms with Crippen molar-refractivity contribution in [2.45, 2.75) is 17.9 Å². The number of nitrogens with one attached hydrogen (secondary N) is 1. The smallest absolute Gasteiger partial charge is 0.244 e. The number of hydrogen-bond acceptors (Lipinski definition) is 5. The minimum atomic E-state index is -3.68. The standard InChI is InChI=1S/C16H14BrN3O3S/c1-11(20-24(21,22)14-9-7-13(17)8-10-14)16-18-15(19-23-16)12-5-3-2-4-6-12/h2-11,20H,1H3/t11-/m0/s1. The van der Waals surface area contributed by atoms with Gasteiger partial charge in [-0.3, -0.25) is 0 Å². The van der Waals surface area contributed by atoms with Gasteiger partial charge in [-0.05, 0) is 31.2 Å². The Morgan fingerprint density at radius 2 is 1.75 bits per heavy atom. The summed E-state index contributed by atoms with van der Waals surface area (Å²) in [5.74, 6) is 0.620. The van der Waals surface area contributed by atoms with Gasteiger partial charge in [-0.1, -0.05) is 51.4 Å². The van der Waals surface area contributed by atoms with E-state index < -0.39 is 16.1 Å². The predicted molar refractivity (Wildman–Crippen MR) is 92.6 cm³/mol. The molecule has 0 amide bonds. The predicted octanol–water partition coefficient (Wildman–Crippen LogP) is 3.54. The zero-order valence-electron chi connectivity index (χ0n) is 12.7. The molecule has 0 aliphatic heterocycles. The summed E-state index contributed by atoms with van der Waals surface area (Å²) in [6, 6.07) is 15.0. The number of benzene rings is 2. The lowest BCUT2D eigenvalue weighted by atomic mass is 10.2. The van der Waals surface area contributed by atoms with E-state index in [0.29, 0.717) is 5.82 Å². The molecule has 24 heavy (non-hydrogen) atoms. The molecule has 1 heterocycles. The fourth-order valence-electron chi connectivity index (χ4n) is 2.08. The highest BCUT2D eigenvalue weighted by Crippen LogP contribution is 2.21. The summed E-state index contributed by atoms with van der Waals surface area (Å²) in [5.41, 5.74) is 0.801. The zero-order valence-corrected chi connectivity index (χ0v) is 15.1. The lowest BCUT2D eigenvalue weighted by Crippen LogP contribution is -2.27. The van der Waals surface area contributed by atoms with Crippen LogP contribution in [0.5, 0.6) is 0 Å². The van der Waals surface area contributed by atoms with E-state index in [1.807, 2.05) is 30.3 Å². The Hall–Kier alpha value is -2.03. The Bertz CT molecular complexity index is 925. The van der Waals surface area contributed by atoms with Crippen molar-refractivity contribution in [3.63, 3.8) is 0 Å². The summed E-state index contributed by atoms with van der Waals surface area (Å²) in [6.07, 6.45) is 0. The average molecular weight is 408 g/mol. The Labute approximate surface area is 148 Å². The van der Waals surface area contributed by atoms with Crippen LogP contribution < -0.4 is 4.72 Å². The average Bonchev–Trinajstić information content (AvgIpc) is 3.06. The first-order chi connectivity index (χ1) is 11.5. The molecule has 0 saturated carbocycles. The van der Waals surface area contributed by atoms with Gasteiger partial charge in [0, 0.05) is 10.0 Å². The highest BCUT2D eigenvalue weighted by molar-refractivity contribution is 9.10. The molecule has 1 N–H and O–H groups in total. The maximum Gasteiger partial charge on any atom is 0.244 e. The molecule has 3 aromatic rings. The normalized spacial score (nSPS) is 12.9. The fourth-order valence-corrected chi connectivity index (χ4v) is 3.54. The van der Waals surface area contributed by atoms with Crippen molar-refractivity contribution >= 4 is 26.0 Å². The Kier molecular flexibility index (Phi) is 4.79. The van der Waals surface area contributed by atoms with Gasteiger partial charge >= 0.3 is 0 Å². The minimum absolute atomic E-state index is 0.167. The first kappa shape index (κ1) is 16.8. The monoisotopic (exact) mass is 407 g/mol. The van der Waals surface area contributed by atoms with Crippen LogP contribution in [0.1, 0.15) is 18.9 Å². The third kappa shape index (κ3) is 3.72. The molecule has 0 bridgehead atoms. The van der Waals surface area contributed by atoms with Gasteiger partial charge in [-0.15, -0.1) is 0 Å². The lowest BCUT2D eigenvalue weighted by molar-refractivity contribution is 0.354. The largest absolute Gasteiger partial charge is 0.337 e. The molecule has 3 rings (SSSR count). The molecule has 0 aliphatic rings. The third-order valence-electron chi connectivity index (χ3n) is 3.30. The molecule has 0 fully saturated rings. The van der Waals surface area contributed by atoms with Crippen LogP contribution in [0.25, 0.3) is 11.4 Å². The van der Waals surface area contributed by atoms with Gasteiger partial charge in [0.05, 0.1) is 10.9 Å².